The number of rotatable bonds is 5. The van der Waals surface area contributed by atoms with E-state index >= 15 is 0 Å². The molecule has 1 aliphatic heterocycles. The van der Waals surface area contributed by atoms with Gasteiger partial charge >= 0.3 is 0 Å². The van der Waals surface area contributed by atoms with Gasteiger partial charge in [-0.25, -0.2) is 9.67 Å². The number of anilines is 1. The van der Waals surface area contributed by atoms with E-state index in [-0.39, 0.29) is 0 Å². The van der Waals surface area contributed by atoms with Crippen LogP contribution in [-0.2, 0) is 6.42 Å². The summed E-state index contributed by atoms with van der Waals surface area (Å²) in [7, 11) is 0. The molecule has 0 radical (unpaired) electrons. The third kappa shape index (κ3) is 3.81. The van der Waals surface area contributed by atoms with E-state index in [0.29, 0.717) is 17.4 Å². The number of pyridine rings is 1. The van der Waals surface area contributed by atoms with Gasteiger partial charge in [0.2, 0.25) is 0 Å². The van der Waals surface area contributed by atoms with Crippen molar-refractivity contribution in [2.45, 2.75) is 25.3 Å². The molecule has 1 aromatic carbocycles. The third-order valence-corrected chi connectivity index (χ3v) is 4.98. The molecule has 1 aliphatic rings. The molecule has 0 saturated carbocycles. The minimum atomic E-state index is -0.443. The number of carbonyl (C=O) groups is 1. The third-order valence-electron chi connectivity index (χ3n) is 4.98. The van der Waals surface area contributed by atoms with E-state index in [4.69, 9.17) is 5.73 Å². The maximum absolute atomic E-state index is 11.6. The largest absolute Gasteiger partial charge is 0.365 e. The van der Waals surface area contributed by atoms with Crippen LogP contribution in [0.3, 0.4) is 0 Å². The van der Waals surface area contributed by atoms with Gasteiger partial charge in [-0.3, -0.25) is 4.79 Å². The fourth-order valence-corrected chi connectivity index (χ4v) is 3.56. The Bertz CT molecular complexity index is 915. The predicted octanol–water partition coefficient (Wildman–Crippen LogP) is 2.20. The smallest absolute Gasteiger partial charge is 0.252 e. The first-order valence-electron chi connectivity index (χ1n) is 9.15. The molecule has 4 rings (SSSR count). The Morgan fingerprint density at radius 2 is 1.89 bits per heavy atom. The number of carbonyl (C=O) groups excluding carboxylic acids is 1. The molecule has 2 aromatic heterocycles. The number of nitrogens with two attached hydrogens (primary N) is 1. The topological polar surface area (TPSA) is 89.9 Å². The molecule has 0 bridgehead atoms. The van der Waals surface area contributed by atoms with Crippen molar-refractivity contribution in [2.24, 2.45) is 5.73 Å². The van der Waals surface area contributed by atoms with Gasteiger partial charge in [0.15, 0.2) is 0 Å². The van der Waals surface area contributed by atoms with E-state index in [9.17, 15) is 4.79 Å². The quantitative estimate of drug-likeness (QED) is 0.751. The predicted molar refractivity (Wildman–Crippen MR) is 103 cm³/mol. The van der Waals surface area contributed by atoms with Crippen molar-refractivity contribution in [3.05, 3.63) is 71.7 Å². The summed E-state index contributed by atoms with van der Waals surface area (Å²) in [6.45, 7) is 1.60. The van der Waals surface area contributed by atoms with Gasteiger partial charge in [0.05, 0.1) is 17.3 Å². The van der Waals surface area contributed by atoms with E-state index in [2.05, 4.69) is 32.3 Å². The summed E-state index contributed by atoms with van der Waals surface area (Å²) in [5, 5.41) is 8.66. The van der Waals surface area contributed by atoms with Crippen molar-refractivity contribution in [3.8, 4) is 0 Å². The molecule has 1 amide bonds. The van der Waals surface area contributed by atoms with Crippen LogP contribution in [0.15, 0.2) is 54.9 Å². The fourth-order valence-electron chi connectivity index (χ4n) is 3.56. The van der Waals surface area contributed by atoms with Crippen molar-refractivity contribution in [3.63, 3.8) is 0 Å². The average Bonchev–Trinajstić information content (AvgIpc) is 3.17. The number of hydrogen-bond donors (Lipinski definition) is 1. The van der Waals surface area contributed by atoms with Crippen LogP contribution in [0.25, 0.3) is 0 Å². The molecule has 0 atom stereocenters. The molecule has 1 saturated heterocycles. The zero-order valence-electron chi connectivity index (χ0n) is 15.0. The van der Waals surface area contributed by atoms with Crippen LogP contribution in [0.5, 0.6) is 0 Å². The molecule has 138 valence electrons. The highest BCUT2D eigenvalue weighted by Crippen LogP contribution is 2.27. The second-order valence-electron chi connectivity index (χ2n) is 6.81. The average molecular weight is 362 g/mol. The Kier molecular flexibility index (Phi) is 4.82. The van der Waals surface area contributed by atoms with Gasteiger partial charge < -0.3 is 10.6 Å². The minimum Gasteiger partial charge on any atom is -0.365 e. The summed E-state index contributed by atoms with van der Waals surface area (Å²) in [5.41, 5.74) is 8.16. The summed E-state index contributed by atoms with van der Waals surface area (Å²) in [5.74, 6) is 0.230. The summed E-state index contributed by atoms with van der Waals surface area (Å²) in [4.78, 5) is 18.1. The molecule has 27 heavy (non-hydrogen) atoms. The Hall–Kier alpha value is -3.22. The fraction of sp³-hybridized carbons (Fsp3) is 0.300. The van der Waals surface area contributed by atoms with Crippen molar-refractivity contribution >= 4 is 11.7 Å². The minimum absolute atomic E-state index is 0.305. The molecular weight excluding hydrogens is 340 g/mol. The van der Waals surface area contributed by atoms with Crippen LogP contribution in [-0.4, -0.2) is 39.0 Å². The molecule has 1 fully saturated rings. The molecular formula is C20H22N6O. The summed E-state index contributed by atoms with van der Waals surface area (Å²) in [6, 6.07) is 14.0. The van der Waals surface area contributed by atoms with E-state index < -0.39 is 5.91 Å². The van der Waals surface area contributed by atoms with Gasteiger partial charge in [0.1, 0.15) is 5.82 Å². The van der Waals surface area contributed by atoms with Gasteiger partial charge in [-0.2, -0.15) is 0 Å². The van der Waals surface area contributed by atoms with Crippen molar-refractivity contribution in [1.82, 2.24) is 20.0 Å². The highest BCUT2D eigenvalue weighted by Gasteiger charge is 2.24. The van der Waals surface area contributed by atoms with Crippen LogP contribution >= 0.6 is 0 Å². The Morgan fingerprint density at radius 3 is 2.63 bits per heavy atom. The summed E-state index contributed by atoms with van der Waals surface area (Å²) in [6.07, 6.45) is 6.37. The SMILES string of the molecule is NC(=O)c1cccnc1N1CCC(n2cc(Cc3ccccc3)nn2)CC1. The highest BCUT2D eigenvalue weighted by atomic mass is 16.1. The second-order valence-corrected chi connectivity index (χ2v) is 6.81. The maximum atomic E-state index is 11.6. The first-order chi connectivity index (χ1) is 13.2. The number of amides is 1. The van der Waals surface area contributed by atoms with Gasteiger partial charge in [-0.15, -0.1) is 5.10 Å². The van der Waals surface area contributed by atoms with Crippen LogP contribution in [0, 0.1) is 0 Å². The van der Waals surface area contributed by atoms with E-state index in [1.807, 2.05) is 29.1 Å². The van der Waals surface area contributed by atoms with Gasteiger partial charge in [0.25, 0.3) is 5.91 Å². The number of hydrogen-bond acceptors (Lipinski definition) is 5. The first-order valence-corrected chi connectivity index (χ1v) is 9.15. The monoisotopic (exact) mass is 362 g/mol. The molecule has 7 heteroatoms. The van der Waals surface area contributed by atoms with Crippen molar-refractivity contribution in [2.75, 3.05) is 18.0 Å². The zero-order valence-corrected chi connectivity index (χ0v) is 15.0. The lowest BCUT2D eigenvalue weighted by molar-refractivity contribution is 0.100. The summed E-state index contributed by atoms with van der Waals surface area (Å²) < 4.78 is 1.98. The first kappa shape index (κ1) is 17.2. The molecule has 3 aromatic rings. The Balaban J connectivity index is 1.41. The lowest BCUT2D eigenvalue weighted by Gasteiger charge is -2.33. The normalized spacial score (nSPS) is 15.0. The number of nitrogens with zero attached hydrogens (tertiary/aromatic N) is 5. The highest BCUT2D eigenvalue weighted by molar-refractivity contribution is 5.97. The Labute approximate surface area is 157 Å². The summed E-state index contributed by atoms with van der Waals surface area (Å²) >= 11 is 0. The number of piperidine rings is 1. The zero-order chi connectivity index (χ0) is 18.6. The second kappa shape index (κ2) is 7.57. The van der Waals surface area contributed by atoms with E-state index in [1.54, 1.807) is 18.3 Å². The van der Waals surface area contributed by atoms with E-state index in [0.717, 1.165) is 38.0 Å². The molecule has 0 aliphatic carbocycles. The Morgan fingerprint density at radius 1 is 1.11 bits per heavy atom. The van der Waals surface area contributed by atoms with Crippen molar-refractivity contribution < 1.29 is 4.79 Å². The maximum Gasteiger partial charge on any atom is 0.252 e. The van der Waals surface area contributed by atoms with Gasteiger partial charge in [0, 0.05) is 31.9 Å². The number of primary amides is 1. The molecule has 0 spiro atoms. The van der Waals surface area contributed by atoms with Crippen LogP contribution < -0.4 is 10.6 Å². The van der Waals surface area contributed by atoms with E-state index in [1.165, 1.54) is 5.56 Å². The van der Waals surface area contributed by atoms with Crippen LogP contribution in [0.2, 0.25) is 0 Å². The van der Waals surface area contributed by atoms with Gasteiger partial charge in [-0.1, -0.05) is 35.5 Å². The number of benzene rings is 1. The van der Waals surface area contributed by atoms with Gasteiger partial charge in [-0.05, 0) is 30.5 Å². The number of aromatic nitrogens is 4. The molecule has 2 N–H and O–H groups in total. The van der Waals surface area contributed by atoms with Crippen molar-refractivity contribution in [1.29, 1.82) is 0 Å². The standard InChI is InChI=1S/C20H22N6O/c21-19(27)18-7-4-10-22-20(18)25-11-8-17(9-12-25)26-14-16(23-24-26)13-15-5-2-1-3-6-15/h1-7,10,14,17H,8-9,11-13H2,(H2,21,27). The molecule has 7 nitrogen and oxygen atoms in total. The molecule has 0 unspecified atom stereocenters. The lowest BCUT2D eigenvalue weighted by atomic mass is 10.0. The molecule has 3 heterocycles. The van der Waals surface area contributed by atoms with Crippen LogP contribution in [0.4, 0.5) is 5.82 Å². The lowest BCUT2D eigenvalue weighted by Crippen LogP contribution is -2.36. The van der Waals surface area contributed by atoms with Crippen LogP contribution in [0.1, 0.15) is 40.5 Å².